The van der Waals surface area contributed by atoms with E-state index in [1.807, 2.05) is 0 Å². The number of nitrogens with one attached hydrogen (secondary N) is 1. The van der Waals surface area contributed by atoms with Crippen LogP contribution in [0.4, 0.5) is 0 Å². The maximum atomic E-state index is 5.71. The number of rotatable bonds is 8. The lowest BCUT2D eigenvalue weighted by molar-refractivity contribution is 0.0891. The fourth-order valence-corrected chi connectivity index (χ4v) is 3.63. The Morgan fingerprint density at radius 3 is 2.59 bits per heavy atom. The molecule has 17 heavy (non-hydrogen) atoms. The Bertz CT molecular complexity index is 252. The van der Waals surface area contributed by atoms with E-state index in [0.29, 0.717) is 5.41 Å². The van der Waals surface area contributed by atoms with Gasteiger partial charge >= 0.3 is 0 Å². The minimum Gasteiger partial charge on any atom is -0.381 e. The summed E-state index contributed by atoms with van der Waals surface area (Å²) in [6.07, 6.45) is 9.75. The van der Waals surface area contributed by atoms with Crippen LogP contribution in [0.5, 0.6) is 0 Å². The van der Waals surface area contributed by atoms with E-state index in [9.17, 15) is 0 Å². The van der Waals surface area contributed by atoms with Gasteiger partial charge in [0.1, 0.15) is 0 Å². The smallest absolute Gasteiger partial charge is 0.0471 e. The van der Waals surface area contributed by atoms with Crippen molar-refractivity contribution < 1.29 is 4.74 Å². The van der Waals surface area contributed by atoms with Gasteiger partial charge in [-0.05, 0) is 62.2 Å². The lowest BCUT2D eigenvalue weighted by atomic mass is 9.80. The molecule has 2 heteroatoms. The first kappa shape index (κ1) is 12.0. The van der Waals surface area contributed by atoms with Gasteiger partial charge in [-0.2, -0.15) is 0 Å². The molecule has 2 nitrogen and oxygen atoms in total. The van der Waals surface area contributed by atoms with Gasteiger partial charge in [0.05, 0.1) is 0 Å². The Morgan fingerprint density at radius 2 is 1.94 bits per heavy atom. The molecule has 0 radical (unpaired) electrons. The second-order valence-corrected chi connectivity index (χ2v) is 6.68. The number of ether oxygens (including phenoxy) is 1. The van der Waals surface area contributed by atoms with Crippen molar-refractivity contribution in [2.45, 2.75) is 57.9 Å². The standard InChI is InChI=1S/C15H27NO/c1-2-6-17-7-5-15(11-16-14-3-4-14)9-12-8-13(12)10-15/h12-14,16H,2-11H2,1H3. The van der Waals surface area contributed by atoms with Crippen LogP contribution in [0, 0.1) is 17.3 Å². The summed E-state index contributed by atoms with van der Waals surface area (Å²) >= 11 is 0. The minimum absolute atomic E-state index is 0.601. The molecule has 0 saturated heterocycles. The van der Waals surface area contributed by atoms with Gasteiger partial charge in [-0.25, -0.2) is 0 Å². The lowest BCUT2D eigenvalue weighted by Gasteiger charge is -2.31. The van der Waals surface area contributed by atoms with Crippen LogP contribution in [0.25, 0.3) is 0 Å². The van der Waals surface area contributed by atoms with E-state index in [2.05, 4.69) is 12.2 Å². The Balaban J connectivity index is 1.45. The lowest BCUT2D eigenvalue weighted by Crippen LogP contribution is -2.35. The summed E-state index contributed by atoms with van der Waals surface area (Å²) in [5.41, 5.74) is 0.601. The molecule has 2 atom stereocenters. The quantitative estimate of drug-likeness (QED) is 0.655. The van der Waals surface area contributed by atoms with Crippen LogP contribution >= 0.6 is 0 Å². The van der Waals surface area contributed by atoms with E-state index in [4.69, 9.17) is 4.74 Å². The predicted molar refractivity (Wildman–Crippen MR) is 70.0 cm³/mol. The molecule has 1 N–H and O–H groups in total. The average Bonchev–Trinajstić information content (AvgIpc) is 3.24. The van der Waals surface area contributed by atoms with Crippen molar-refractivity contribution in [2.75, 3.05) is 19.8 Å². The van der Waals surface area contributed by atoms with Crippen molar-refractivity contribution >= 4 is 0 Å². The third kappa shape index (κ3) is 3.03. The first-order valence-electron chi connectivity index (χ1n) is 7.62. The van der Waals surface area contributed by atoms with E-state index in [-0.39, 0.29) is 0 Å². The van der Waals surface area contributed by atoms with Crippen LogP contribution in [-0.2, 0) is 4.74 Å². The Kier molecular flexibility index (Phi) is 3.45. The largest absolute Gasteiger partial charge is 0.381 e. The van der Waals surface area contributed by atoms with Gasteiger partial charge in [-0.3, -0.25) is 0 Å². The maximum Gasteiger partial charge on any atom is 0.0471 e. The molecular formula is C15H27NO. The van der Waals surface area contributed by atoms with Gasteiger partial charge in [0.15, 0.2) is 0 Å². The average molecular weight is 237 g/mol. The highest BCUT2D eigenvalue weighted by atomic mass is 16.5. The molecule has 3 fully saturated rings. The summed E-state index contributed by atoms with van der Waals surface area (Å²) in [5.74, 6) is 2.17. The summed E-state index contributed by atoms with van der Waals surface area (Å²) in [6.45, 7) is 5.38. The molecule has 0 aliphatic heterocycles. The molecule has 0 bridgehead atoms. The van der Waals surface area contributed by atoms with Crippen molar-refractivity contribution in [3.05, 3.63) is 0 Å². The summed E-state index contributed by atoms with van der Waals surface area (Å²) in [7, 11) is 0. The van der Waals surface area contributed by atoms with Crippen LogP contribution in [0.1, 0.15) is 51.9 Å². The zero-order valence-electron chi connectivity index (χ0n) is 11.2. The molecule has 3 saturated carbocycles. The fraction of sp³-hybridized carbons (Fsp3) is 1.00. The summed E-state index contributed by atoms with van der Waals surface area (Å²) in [4.78, 5) is 0. The summed E-state index contributed by atoms with van der Waals surface area (Å²) in [6, 6.07) is 0.861. The van der Waals surface area contributed by atoms with Crippen LogP contribution in [0.2, 0.25) is 0 Å². The first-order valence-corrected chi connectivity index (χ1v) is 7.62. The van der Waals surface area contributed by atoms with Crippen LogP contribution in [-0.4, -0.2) is 25.8 Å². The van der Waals surface area contributed by atoms with Gasteiger partial charge < -0.3 is 10.1 Å². The predicted octanol–water partition coefficient (Wildman–Crippen LogP) is 2.97. The first-order chi connectivity index (χ1) is 8.31. The van der Waals surface area contributed by atoms with Crippen molar-refractivity contribution in [1.82, 2.24) is 5.32 Å². The molecule has 0 heterocycles. The van der Waals surface area contributed by atoms with E-state index < -0.39 is 0 Å². The summed E-state index contributed by atoms with van der Waals surface area (Å²) < 4.78 is 5.71. The second-order valence-electron chi connectivity index (χ2n) is 6.68. The molecule has 3 rings (SSSR count). The molecule has 0 aromatic rings. The van der Waals surface area contributed by atoms with Crippen molar-refractivity contribution in [3.8, 4) is 0 Å². The highest BCUT2D eigenvalue weighted by Gasteiger charge is 2.53. The minimum atomic E-state index is 0.601. The molecule has 0 amide bonds. The topological polar surface area (TPSA) is 21.3 Å². The fourth-order valence-electron chi connectivity index (χ4n) is 3.63. The van der Waals surface area contributed by atoms with Gasteiger partial charge in [0, 0.05) is 25.8 Å². The number of fused-ring (bicyclic) bond motifs is 1. The molecule has 98 valence electrons. The van der Waals surface area contributed by atoms with Crippen molar-refractivity contribution in [1.29, 1.82) is 0 Å². The normalized spacial score (nSPS) is 39.4. The van der Waals surface area contributed by atoms with Gasteiger partial charge in [-0.15, -0.1) is 0 Å². The van der Waals surface area contributed by atoms with E-state index in [0.717, 1.165) is 37.5 Å². The van der Waals surface area contributed by atoms with E-state index in [1.165, 1.54) is 45.1 Å². The van der Waals surface area contributed by atoms with Crippen molar-refractivity contribution in [2.24, 2.45) is 17.3 Å². The van der Waals surface area contributed by atoms with Crippen LogP contribution < -0.4 is 5.32 Å². The van der Waals surface area contributed by atoms with Gasteiger partial charge in [0.2, 0.25) is 0 Å². The molecule has 3 aliphatic carbocycles. The monoisotopic (exact) mass is 237 g/mol. The van der Waals surface area contributed by atoms with Crippen LogP contribution in [0.15, 0.2) is 0 Å². The number of hydrogen-bond donors (Lipinski definition) is 1. The Labute approximate surface area is 105 Å². The van der Waals surface area contributed by atoms with Crippen LogP contribution in [0.3, 0.4) is 0 Å². The van der Waals surface area contributed by atoms with E-state index in [1.54, 1.807) is 0 Å². The second kappa shape index (κ2) is 4.89. The molecule has 0 aromatic heterocycles. The maximum absolute atomic E-state index is 5.71. The molecule has 2 unspecified atom stereocenters. The molecule has 3 aliphatic rings. The SMILES string of the molecule is CCCOCCC1(CNC2CC2)CC2CC2C1. The zero-order valence-corrected chi connectivity index (χ0v) is 11.2. The third-order valence-electron chi connectivity index (χ3n) is 4.93. The zero-order chi connectivity index (χ0) is 11.7. The highest BCUT2D eigenvalue weighted by Crippen LogP contribution is 2.61. The highest BCUT2D eigenvalue weighted by molar-refractivity contribution is 5.04. The van der Waals surface area contributed by atoms with Gasteiger partial charge in [-0.1, -0.05) is 6.92 Å². The number of hydrogen-bond acceptors (Lipinski definition) is 2. The van der Waals surface area contributed by atoms with E-state index >= 15 is 0 Å². The third-order valence-corrected chi connectivity index (χ3v) is 4.93. The molecule has 0 spiro atoms. The Hall–Kier alpha value is -0.0800. The summed E-state index contributed by atoms with van der Waals surface area (Å²) in [5, 5.41) is 3.77. The van der Waals surface area contributed by atoms with Gasteiger partial charge in [0.25, 0.3) is 0 Å². The Morgan fingerprint density at radius 1 is 1.18 bits per heavy atom. The molecular weight excluding hydrogens is 210 g/mol. The molecule has 0 aromatic carbocycles. The van der Waals surface area contributed by atoms with Crippen molar-refractivity contribution in [3.63, 3.8) is 0 Å².